The molecule has 0 radical (unpaired) electrons. The Morgan fingerprint density at radius 2 is 2.00 bits per heavy atom. The molecule has 96 valence electrons. The highest BCUT2D eigenvalue weighted by Crippen LogP contribution is 2.06. The molecule has 0 spiro atoms. The van der Waals surface area contributed by atoms with Crippen molar-refractivity contribution < 1.29 is 19.1 Å². The van der Waals surface area contributed by atoms with E-state index >= 15 is 0 Å². The number of hydrogen-bond acceptors (Lipinski definition) is 4. The number of hydrogen-bond donors (Lipinski definition) is 1. The number of carbonyl (C=O) groups is 2. The van der Waals surface area contributed by atoms with E-state index < -0.39 is 18.1 Å². The van der Waals surface area contributed by atoms with Crippen LogP contribution in [0.5, 0.6) is 0 Å². The Labute approximate surface area is 102 Å². The topological polar surface area (TPSA) is 64.6 Å². The highest BCUT2D eigenvalue weighted by atomic mass is 16.6. The van der Waals surface area contributed by atoms with E-state index in [9.17, 15) is 9.59 Å². The SMILES string of the molecule is C#CCOC(=O)NC(CC(C)C)C(=O)OCC. The third-order valence-electron chi connectivity index (χ3n) is 1.86. The number of alkyl carbamates (subject to hydrolysis) is 1. The normalized spacial score (nSPS) is 11.5. The molecular formula is C12H19NO4. The summed E-state index contributed by atoms with van der Waals surface area (Å²) in [7, 11) is 0. The second-order valence-corrected chi connectivity index (χ2v) is 3.86. The number of terminal acetylenes is 1. The summed E-state index contributed by atoms with van der Waals surface area (Å²) in [4.78, 5) is 22.8. The number of nitrogens with one attached hydrogen (secondary N) is 1. The summed E-state index contributed by atoms with van der Waals surface area (Å²) in [6.07, 6.45) is 4.73. The molecule has 0 aliphatic heterocycles. The summed E-state index contributed by atoms with van der Waals surface area (Å²) in [6, 6.07) is -0.694. The second kappa shape index (κ2) is 8.45. The van der Waals surface area contributed by atoms with Crippen LogP contribution in [0.15, 0.2) is 0 Å². The van der Waals surface area contributed by atoms with Crippen molar-refractivity contribution in [3.05, 3.63) is 0 Å². The summed E-state index contributed by atoms with van der Waals surface area (Å²) >= 11 is 0. The molecule has 0 saturated carbocycles. The summed E-state index contributed by atoms with van der Waals surface area (Å²) in [6.45, 7) is 5.75. The molecule has 0 heterocycles. The molecule has 0 bridgehead atoms. The van der Waals surface area contributed by atoms with Gasteiger partial charge in [-0.2, -0.15) is 0 Å². The van der Waals surface area contributed by atoms with Crippen LogP contribution in [0.3, 0.4) is 0 Å². The highest BCUT2D eigenvalue weighted by molar-refractivity contribution is 5.81. The second-order valence-electron chi connectivity index (χ2n) is 3.86. The molecule has 1 N–H and O–H groups in total. The van der Waals surface area contributed by atoms with Gasteiger partial charge in [-0.25, -0.2) is 9.59 Å². The zero-order valence-electron chi connectivity index (χ0n) is 10.5. The van der Waals surface area contributed by atoms with E-state index in [2.05, 4.69) is 16.0 Å². The monoisotopic (exact) mass is 241 g/mol. The molecule has 0 aliphatic rings. The molecule has 0 aromatic carbocycles. The first-order chi connectivity index (χ1) is 8.01. The highest BCUT2D eigenvalue weighted by Gasteiger charge is 2.23. The quantitative estimate of drug-likeness (QED) is 0.562. The third-order valence-corrected chi connectivity index (χ3v) is 1.86. The maximum atomic E-state index is 11.6. The first kappa shape index (κ1) is 15.3. The Morgan fingerprint density at radius 3 is 2.47 bits per heavy atom. The Kier molecular flexibility index (Phi) is 7.61. The lowest BCUT2D eigenvalue weighted by Crippen LogP contribution is -2.43. The van der Waals surface area contributed by atoms with Crippen LogP contribution in [0.1, 0.15) is 27.2 Å². The average Bonchev–Trinajstić information content (AvgIpc) is 2.25. The molecule has 1 amide bonds. The number of amides is 1. The van der Waals surface area contributed by atoms with Gasteiger partial charge in [-0.1, -0.05) is 19.8 Å². The van der Waals surface area contributed by atoms with Gasteiger partial charge >= 0.3 is 12.1 Å². The summed E-state index contributed by atoms with van der Waals surface area (Å²) in [5, 5.41) is 2.44. The van der Waals surface area contributed by atoms with Gasteiger partial charge in [0.05, 0.1) is 6.61 Å². The molecule has 17 heavy (non-hydrogen) atoms. The molecule has 0 aromatic rings. The molecular weight excluding hydrogens is 222 g/mol. The van der Waals surface area contributed by atoms with Gasteiger partial charge in [0.25, 0.3) is 0 Å². The Bertz CT molecular complexity index is 293. The number of ether oxygens (including phenoxy) is 2. The van der Waals surface area contributed by atoms with Gasteiger partial charge in [-0.15, -0.1) is 6.42 Å². The Morgan fingerprint density at radius 1 is 1.35 bits per heavy atom. The molecule has 1 unspecified atom stereocenters. The Hall–Kier alpha value is -1.70. The first-order valence-corrected chi connectivity index (χ1v) is 5.54. The zero-order chi connectivity index (χ0) is 13.3. The largest absolute Gasteiger partial charge is 0.464 e. The number of esters is 1. The molecule has 0 aliphatic carbocycles. The zero-order valence-corrected chi connectivity index (χ0v) is 10.5. The van der Waals surface area contributed by atoms with Crippen molar-refractivity contribution in [2.75, 3.05) is 13.2 Å². The minimum atomic E-state index is -0.707. The first-order valence-electron chi connectivity index (χ1n) is 5.54. The molecule has 1 atom stereocenters. The van der Waals surface area contributed by atoms with Gasteiger partial charge in [0, 0.05) is 0 Å². The van der Waals surface area contributed by atoms with Crippen LogP contribution >= 0.6 is 0 Å². The van der Waals surface area contributed by atoms with Crippen LogP contribution in [0.2, 0.25) is 0 Å². The fraction of sp³-hybridized carbons (Fsp3) is 0.667. The fourth-order valence-electron chi connectivity index (χ4n) is 1.22. The van der Waals surface area contributed by atoms with Gasteiger partial charge < -0.3 is 14.8 Å². The van der Waals surface area contributed by atoms with Crippen molar-refractivity contribution in [3.8, 4) is 12.3 Å². The molecule has 0 saturated heterocycles. The van der Waals surface area contributed by atoms with Crippen LogP contribution in [0, 0.1) is 18.3 Å². The van der Waals surface area contributed by atoms with E-state index in [4.69, 9.17) is 11.2 Å². The van der Waals surface area contributed by atoms with E-state index in [-0.39, 0.29) is 19.1 Å². The predicted octanol–water partition coefficient (Wildman–Crippen LogP) is 1.32. The van der Waals surface area contributed by atoms with Crippen LogP contribution in [0.4, 0.5) is 4.79 Å². The lowest BCUT2D eigenvalue weighted by atomic mass is 10.0. The van der Waals surface area contributed by atoms with Crippen LogP contribution in [-0.4, -0.2) is 31.3 Å². The van der Waals surface area contributed by atoms with E-state index in [1.165, 1.54) is 0 Å². The predicted molar refractivity (Wildman–Crippen MR) is 63.2 cm³/mol. The van der Waals surface area contributed by atoms with Crippen molar-refractivity contribution in [1.82, 2.24) is 5.32 Å². The van der Waals surface area contributed by atoms with Gasteiger partial charge in [0.2, 0.25) is 0 Å². The van der Waals surface area contributed by atoms with Crippen LogP contribution < -0.4 is 5.32 Å². The smallest absolute Gasteiger partial charge is 0.408 e. The van der Waals surface area contributed by atoms with E-state index in [0.717, 1.165) is 0 Å². The van der Waals surface area contributed by atoms with Crippen molar-refractivity contribution in [2.45, 2.75) is 33.2 Å². The Balaban J connectivity index is 4.33. The van der Waals surface area contributed by atoms with Gasteiger partial charge in [-0.3, -0.25) is 0 Å². The average molecular weight is 241 g/mol. The van der Waals surface area contributed by atoms with Crippen molar-refractivity contribution in [1.29, 1.82) is 0 Å². The van der Waals surface area contributed by atoms with Gasteiger partial charge in [-0.05, 0) is 19.3 Å². The van der Waals surface area contributed by atoms with Gasteiger partial charge in [0.15, 0.2) is 6.61 Å². The van der Waals surface area contributed by atoms with Gasteiger partial charge in [0.1, 0.15) is 6.04 Å². The lowest BCUT2D eigenvalue weighted by Gasteiger charge is -2.18. The minimum absolute atomic E-state index is 0.122. The fourth-order valence-corrected chi connectivity index (χ4v) is 1.22. The molecule has 0 aromatic heterocycles. The lowest BCUT2D eigenvalue weighted by molar-refractivity contribution is -0.145. The summed E-state index contributed by atoms with van der Waals surface area (Å²) in [5.74, 6) is 1.96. The molecule has 5 nitrogen and oxygen atoms in total. The van der Waals surface area contributed by atoms with Crippen molar-refractivity contribution >= 4 is 12.1 Å². The number of rotatable bonds is 6. The van der Waals surface area contributed by atoms with E-state index in [1.807, 2.05) is 13.8 Å². The van der Waals surface area contributed by atoms with Crippen molar-refractivity contribution in [3.63, 3.8) is 0 Å². The van der Waals surface area contributed by atoms with Crippen LogP contribution in [0.25, 0.3) is 0 Å². The standard InChI is InChI=1S/C12H19NO4/c1-5-7-17-12(15)13-10(8-9(3)4)11(14)16-6-2/h1,9-10H,6-8H2,2-4H3,(H,13,15). The van der Waals surface area contributed by atoms with Crippen molar-refractivity contribution in [2.24, 2.45) is 5.92 Å². The molecule has 0 fully saturated rings. The molecule has 5 heteroatoms. The number of carbonyl (C=O) groups excluding carboxylic acids is 2. The van der Waals surface area contributed by atoms with E-state index in [0.29, 0.717) is 6.42 Å². The molecule has 0 rings (SSSR count). The maximum Gasteiger partial charge on any atom is 0.408 e. The van der Waals surface area contributed by atoms with Crippen LogP contribution in [-0.2, 0) is 14.3 Å². The van der Waals surface area contributed by atoms with E-state index in [1.54, 1.807) is 6.92 Å². The third kappa shape index (κ3) is 7.23. The minimum Gasteiger partial charge on any atom is -0.464 e. The maximum absolute atomic E-state index is 11.6. The summed E-state index contributed by atoms with van der Waals surface area (Å²) < 4.78 is 9.50. The summed E-state index contributed by atoms with van der Waals surface area (Å²) in [5.41, 5.74) is 0.